The third-order valence-electron chi connectivity index (χ3n) is 3.53. The maximum Gasteiger partial charge on any atom is 0.241 e. The molecule has 8 heteroatoms. The van der Waals surface area contributed by atoms with E-state index < -0.39 is 0 Å². The first kappa shape index (κ1) is 25.4. The Bertz CT molecular complexity index is 597. The van der Waals surface area contributed by atoms with Gasteiger partial charge in [-0.2, -0.15) is 0 Å². The fraction of sp³-hybridized carbons (Fsp3) is 0.632. The van der Waals surface area contributed by atoms with Gasteiger partial charge in [-0.05, 0) is 39.7 Å². The number of carbonyl (C=O) groups excluding carboxylic acids is 1. The molecule has 0 bridgehead atoms. The number of likely N-dealkylation sites (N-methyl/N-ethyl adjacent to an activating group) is 1. The zero-order valence-electron chi connectivity index (χ0n) is 17.5. The first-order valence-corrected chi connectivity index (χ1v) is 8.99. The van der Waals surface area contributed by atoms with Gasteiger partial charge in [-0.25, -0.2) is 9.98 Å². The van der Waals surface area contributed by atoms with Crippen molar-refractivity contribution in [3.8, 4) is 5.88 Å². The topological polar surface area (TPSA) is 78.9 Å². The van der Waals surface area contributed by atoms with Crippen LogP contribution in [0, 0.1) is 0 Å². The molecule has 1 aromatic rings. The lowest BCUT2D eigenvalue weighted by molar-refractivity contribution is -0.127. The number of pyridine rings is 1. The van der Waals surface area contributed by atoms with Crippen LogP contribution in [0.3, 0.4) is 0 Å². The Morgan fingerprint density at radius 2 is 2.00 bits per heavy atom. The van der Waals surface area contributed by atoms with Crippen molar-refractivity contribution < 1.29 is 9.53 Å². The summed E-state index contributed by atoms with van der Waals surface area (Å²) in [5, 5.41) is 6.38. The molecule has 2 N–H and O–H groups in total. The van der Waals surface area contributed by atoms with Gasteiger partial charge < -0.3 is 20.3 Å². The molecule has 1 heterocycles. The van der Waals surface area contributed by atoms with E-state index >= 15 is 0 Å². The minimum absolute atomic E-state index is 0. The van der Waals surface area contributed by atoms with E-state index in [1.54, 1.807) is 25.2 Å². The van der Waals surface area contributed by atoms with Crippen LogP contribution in [0.1, 0.15) is 46.6 Å². The van der Waals surface area contributed by atoms with Gasteiger partial charge in [0, 0.05) is 32.4 Å². The molecular formula is C19H34IN5O2. The second-order valence-corrected chi connectivity index (χ2v) is 7.48. The van der Waals surface area contributed by atoms with E-state index in [1.165, 1.54) is 0 Å². The van der Waals surface area contributed by atoms with Crippen molar-refractivity contribution in [2.75, 3.05) is 20.6 Å². The van der Waals surface area contributed by atoms with E-state index in [-0.39, 0.29) is 48.1 Å². The molecule has 1 unspecified atom stereocenters. The number of hydrogen-bond donors (Lipinski definition) is 2. The lowest BCUT2D eigenvalue weighted by Gasteiger charge is -2.20. The second-order valence-electron chi connectivity index (χ2n) is 7.48. The van der Waals surface area contributed by atoms with Gasteiger partial charge in [0.1, 0.15) is 5.60 Å². The summed E-state index contributed by atoms with van der Waals surface area (Å²) in [4.78, 5) is 22.2. The molecule has 154 valence electrons. The van der Waals surface area contributed by atoms with Crippen molar-refractivity contribution >= 4 is 35.8 Å². The maximum absolute atomic E-state index is 11.8. The highest BCUT2D eigenvalue weighted by molar-refractivity contribution is 14.0. The van der Waals surface area contributed by atoms with Crippen LogP contribution in [0.5, 0.6) is 5.88 Å². The van der Waals surface area contributed by atoms with Crippen LogP contribution in [-0.2, 0) is 11.3 Å². The molecule has 0 radical (unpaired) electrons. The Morgan fingerprint density at radius 3 is 2.48 bits per heavy atom. The fourth-order valence-corrected chi connectivity index (χ4v) is 1.85. The van der Waals surface area contributed by atoms with Crippen molar-refractivity contribution in [3.05, 3.63) is 23.9 Å². The van der Waals surface area contributed by atoms with Gasteiger partial charge in [-0.1, -0.05) is 13.0 Å². The van der Waals surface area contributed by atoms with Gasteiger partial charge in [0.05, 0.1) is 13.1 Å². The SMILES string of the molecule is CCC(C)NC(=NCc1ccc(OC(C)(C)C)nc1)NCC(=O)N(C)C.I. The summed E-state index contributed by atoms with van der Waals surface area (Å²) in [7, 11) is 3.46. The molecule has 1 atom stereocenters. The number of carbonyl (C=O) groups is 1. The van der Waals surface area contributed by atoms with E-state index in [0.29, 0.717) is 18.4 Å². The molecule has 0 saturated heterocycles. The van der Waals surface area contributed by atoms with Crippen LogP contribution in [-0.4, -0.2) is 54.0 Å². The van der Waals surface area contributed by atoms with Gasteiger partial charge in [-0.15, -0.1) is 24.0 Å². The summed E-state index contributed by atoms with van der Waals surface area (Å²) in [5.41, 5.74) is 0.693. The predicted octanol–water partition coefficient (Wildman–Crippen LogP) is 2.80. The summed E-state index contributed by atoms with van der Waals surface area (Å²) in [6.45, 7) is 10.8. The van der Waals surface area contributed by atoms with Crippen LogP contribution < -0.4 is 15.4 Å². The number of rotatable bonds is 7. The minimum Gasteiger partial charge on any atom is -0.472 e. The monoisotopic (exact) mass is 491 g/mol. The number of guanidine groups is 1. The van der Waals surface area contributed by atoms with Crippen LogP contribution in [0.15, 0.2) is 23.3 Å². The highest BCUT2D eigenvalue weighted by Gasteiger charge is 2.12. The first-order chi connectivity index (χ1) is 12.1. The van der Waals surface area contributed by atoms with E-state index in [1.807, 2.05) is 32.9 Å². The lowest BCUT2D eigenvalue weighted by Crippen LogP contribution is -2.45. The summed E-state index contributed by atoms with van der Waals surface area (Å²) in [6.07, 6.45) is 2.72. The number of aliphatic imine (C=N–C) groups is 1. The quantitative estimate of drug-likeness (QED) is 0.349. The molecule has 0 aliphatic carbocycles. The minimum atomic E-state index is -0.275. The molecule has 0 saturated carbocycles. The zero-order chi connectivity index (χ0) is 19.7. The van der Waals surface area contributed by atoms with E-state index in [0.717, 1.165) is 12.0 Å². The third-order valence-corrected chi connectivity index (χ3v) is 3.53. The lowest BCUT2D eigenvalue weighted by atomic mass is 10.2. The number of ether oxygens (including phenoxy) is 1. The average Bonchev–Trinajstić information content (AvgIpc) is 2.56. The first-order valence-electron chi connectivity index (χ1n) is 8.99. The largest absolute Gasteiger partial charge is 0.472 e. The Kier molecular flexibility index (Phi) is 11.3. The Balaban J connectivity index is 0.00000676. The summed E-state index contributed by atoms with van der Waals surface area (Å²) >= 11 is 0. The summed E-state index contributed by atoms with van der Waals surface area (Å²) in [5.74, 6) is 1.21. The number of halogens is 1. The van der Waals surface area contributed by atoms with Crippen LogP contribution in [0.2, 0.25) is 0 Å². The smallest absolute Gasteiger partial charge is 0.241 e. The molecule has 1 aromatic heterocycles. The molecule has 0 aliphatic heterocycles. The van der Waals surface area contributed by atoms with Gasteiger partial charge in [0.2, 0.25) is 11.8 Å². The standard InChI is InChI=1S/C19H33N5O2.HI/c1-8-14(2)23-18(22-13-17(25)24(6)7)21-12-15-9-10-16(20-11-15)26-19(3,4)5;/h9-11,14H,8,12-13H2,1-7H3,(H2,21,22,23);1H. The van der Waals surface area contributed by atoms with Crippen molar-refractivity contribution in [2.24, 2.45) is 4.99 Å². The third kappa shape index (κ3) is 11.0. The summed E-state index contributed by atoms with van der Waals surface area (Å²) < 4.78 is 5.72. The molecule has 0 aromatic carbocycles. The Morgan fingerprint density at radius 1 is 1.33 bits per heavy atom. The molecule has 0 aliphatic rings. The number of nitrogens with one attached hydrogen (secondary N) is 2. The Labute approximate surface area is 180 Å². The van der Waals surface area contributed by atoms with Gasteiger partial charge in [-0.3, -0.25) is 4.79 Å². The van der Waals surface area contributed by atoms with Crippen molar-refractivity contribution in [1.29, 1.82) is 0 Å². The highest BCUT2D eigenvalue weighted by Crippen LogP contribution is 2.15. The average molecular weight is 491 g/mol. The zero-order valence-corrected chi connectivity index (χ0v) is 19.8. The van der Waals surface area contributed by atoms with E-state index in [4.69, 9.17) is 4.74 Å². The molecule has 0 spiro atoms. The van der Waals surface area contributed by atoms with Crippen molar-refractivity contribution in [2.45, 2.75) is 59.2 Å². The van der Waals surface area contributed by atoms with Crippen LogP contribution >= 0.6 is 24.0 Å². The summed E-state index contributed by atoms with van der Waals surface area (Å²) in [6, 6.07) is 4.06. The molecular weight excluding hydrogens is 457 g/mol. The highest BCUT2D eigenvalue weighted by atomic mass is 127. The maximum atomic E-state index is 11.8. The molecule has 0 fully saturated rings. The molecule has 27 heavy (non-hydrogen) atoms. The fourth-order valence-electron chi connectivity index (χ4n) is 1.85. The second kappa shape index (κ2) is 12.0. The van der Waals surface area contributed by atoms with Crippen molar-refractivity contribution in [3.63, 3.8) is 0 Å². The number of hydrogen-bond acceptors (Lipinski definition) is 4. The van der Waals surface area contributed by atoms with Crippen LogP contribution in [0.4, 0.5) is 0 Å². The number of nitrogens with zero attached hydrogens (tertiary/aromatic N) is 3. The molecule has 1 amide bonds. The van der Waals surface area contributed by atoms with Gasteiger partial charge >= 0.3 is 0 Å². The van der Waals surface area contributed by atoms with Gasteiger partial charge in [0.25, 0.3) is 0 Å². The number of aromatic nitrogens is 1. The number of amides is 1. The molecule has 7 nitrogen and oxygen atoms in total. The van der Waals surface area contributed by atoms with Crippen molar-refractivity contribution in [1.82, 2.24) is 20.5 Å². The van der Waals surface area contributed by atoms with E-state index in [2.05, 4.69) is 34.5 Å². The van der Waals surface area contributed by atoms with E-state index in [9.17, 15) is 4.79 Å². The normalized spacial score (nSPS) is 12.6. The molecule has 1 rings (SSSR count). The van der Waals surface area contributed by atoms with Gasteiger partial charge in [0.15, 0.2) is 5.96 Å². The predicted molar refractivity (Wildman–Crippen MR) is 121 cm³/mol. The Hall–Kier alpha value is -1.58. The van der Waals surface area contributed by atoms with Crippen LogP contribution in [0.25, 0.3) is 0 Å².